The van der Waals surface area contributed by atoms with E-state index >= 15 is 0 Å². The Kier molecular flexibility index (Phi) is 6.71. The number of hydrogen-bond acceptors (Lipinski definition) is 6. The minimum absolute atomic E-state index is 0.0264. The van der Waals surface area contributed by atoms with Crippen LogP contribution in [0, 0.1) is 0 Å². The molecule has 1 heterocycles. The molecule has 0 fully saturated rings. The van der Waals surface area contributed by atoms with Gasteiger partial charge in [0, 0.05) is 12.6 Å². The molecule has 0 spiro atoms. The van der Waals surface area contributed by atoms with Gasteiger partial charge in [-0.05, 0) is 23.6 Å². The highest BCUT2D eigenvalue weighted by molar-refractivity contribution is 7.89. The van der Waals surface area contributed by atoms with Crippen LogP contribution >= 0.6 is 23.2 Å². The molecule has 0 aliphatic rings. The molecule has 10 heteroatoms. The van der Waals surface area contributed by atoms with E-state index in [1.807, 2.05) is 24.3 Å². The van der Waals surface area contributed by atoms with Crippen LogP contribution < -0.4 is 4.74 Å². The van der Waals surface area contributed by atoms with Crippen molar-refractivity contribution in [3.8, 4) is 17.1 Å². The van der Waals surface area contributed by atoms with E-state index < -0.39 is 10.0 Å². The largest absolute Gasteiger partial charge is 0.495 e. The van der Waals surface area contributed by atoms with Gasteiger partial charge in [0.25, 0.3) is 0 Å². The summed E-state index contributed by atoms with van der Waals surface area (Å²) in [4.78, 5) is 4.17. The minimum Gasteiger partial charge on any atom is -0.495 e. The van der Waals surface area contributed by atoms with Crippen molar-refractivity contribution in [1.82, 2.24) is 14.4 Å². The molecule has 0 aliphatic heterocycles. The molecule has 2 aromatic carbocycles. The Morgan fingerprint density at radius 2 is 1.77 bits per heavy atom. The molecule has 0 atom stereocenters. The molecule has 0 saturated heterocycles. The molecule has 0 unspecified atom stereocenters. The average Bonchev–Trinajstić information content (AvgIpc) is 3.18. The van der Waals surface area contributed by atoms with Crippen LogP contribution in [-0.4, -0.2) is 37.0 Å². The van der Waals surface area contributed by atoms with Gasteiger partial charge in [-0.3, -0.25) is 0 Å². The fourth-order valence-corrected chi connectivity index (χ4v) is 4.70. The zero-order valence-electron chi connectivity index (χ0n) is 16.9. The second-order valence-corrected chi connectivity index (χ2v) is 9.71. The molecule has 160 valence electrons. The van der Waals surface area contributed by atoms with E-state index in [1.54, 1.807) is 0 Å². The van der Waals surface area contributed by atoms with Crippen molar-refractivity contribution in [2.45, 2.75) is 31.2 Å². The lowest BCUT2D eigenvalue weighted by Gasteiger charge is -2.17. The molecule has 3 rings (SSSR count). The molecule has 0 N–H and O–H groups in total. The summed E-state index contributed by atoms with van der Waals surface area (Å²) >= 11 is 12.2. The first-order valence-corrected chi connectivity index (χ1v) is 11.3. The second-order valence-electron chi connectivity index (χ2n) is 6.94. The third-order valence-corrected chi connectivity index (χ3v) is 7.40. The van der Waals surface area contributed by atoms with Gasteiger partial charge in [-0.1, -0.05) is 66.5 Å². The summed E-state index contributed by atoms with van der Waals surface area (Å²) in [7, 11) is -1.14. The summed E-state index contributed by atoms with van der Waals surface area (Å²) in [6, 6.07) is 10.6. The van der Waals surface area contributed by atoms with Crippen LogP contribution in [0.4, 0.5) is 0 Å². The maximum absolute atomic E-state index is 12.9. The molecule has 0 aliphatic carbocycles. The predicted octanol–water partition coefficient (Wildman–Crippen LogP) is 5.00. The lowest BCUT2D eigenvalue weighted by molar-refractivity contribution is 0.336. The van der Waals surface area contributed by atoms with Crippen LogP contribution in [0.5, 0.6) is 5.75 Å². The van der Waals surface area contributed by atoms with Crippen molar-refractivity contribution in [3.05, 3.63) is 57.9 Å². The number of rotatable bonds is 7. The van der Waals surface area contributed by atoms with Crippen LogP contribution in [0.25, 0.3) is 11.4 Å². The van der Waals surface area contributed by atoms with E-state index in [0.29, 0.717) is 11.7 Å². The van der Waals surface area contributed by atoms with Crippen molar-refractivity contribution < 1.29 is 17.7 Å². The number of halogens is 2. The zero-order valence-corrected chi connectivity index (χ0v) is 19.2. The number of hydrogen-bond donors (Lipinski definition) is 0. The molecule has 1 aromatic heterocycles. The third-order valence-electron chi connectivity index (χ3n) is 4.58. The molecule has 0 amide bonds. The van der Waals surface area contributed by atoms with E-state index in [9.17, 15) is 8.42 Å². The van der Waals surface area contributed by atoms with Crippen LogP contribution in [0.15, 0.2) is 45.8 Å². The van der Waals surface area contributed by atoms with E-state index in [4.69, 9.17) is 32.5 Å². The van der Waals surface area contributed by atoms with E-state index in [-0.39, 0.29) is 33.1 Å². The molecule has 3 aromatic rings. The van der Waals surface area contributed by atoms with Crippen LogP contribution in [0.1, 0.15) is 31.2 Å². The summed E-state index contributed by atoms with van der Waals surface area (Å²) in [5, 5.41) is 3.87. The second kappa shape index (κ2) is 8.93. The number of methoxy groups -OCH3 is 1. The number of ether oxygens (including phenoxy) is 1. The molecule has 0 radical (unpaired) electrons. The van der Waals surface area contributed by atoms with Crippen LogP contribution in [-0.2, 0) is 16.6 Å². The Labute approximate surface area is 185 Å². The van der Waals surface area contributed by atoms with Gasteiger partial charge in [-0.15, -0.1) is 0 Å². The summed E-state index contributed by atoms with van der Waals surface area (Å²) in [5.74, 6) is 1.24. The molecule has 7 nitrogen and oxygen atoms in total. The summed E-state index contributed by atoms with van der Waals surface area (Å²) in [6.07, 6.45) is 0. The quantitative estimate of drug-likeness (QED) is 0.483. The van der Waals surface area contributed by atoms with E-state index in [2.05, 4.69) is 24.0 Å². The fourth-order valence-electron chi connectivity index (χ4n) is 2.77. The van der Waals surface area contributed by atoms with Crippen LogP contribution in [0.3, 0.4) is 0 Å². The summed E-state index contributed by atoms with van der Waals surface area (Å²) in [6.45, 7) is 4.10. The smallest absolute Gasteiger partial charge is 0.244 e. The zero-order chi connectivity index (χ0) is 22.1. The topological polar surface area (TPSA) is 85.5 Å². The first-order chi connectivity index (χ1) is 14.1. The van der Waals surface area contributed by atoms with Crippen molar-refractivity contribution in [2.75, 3.05) is 14.2 Å². The molecular formula is C20H21Cl2N3O4S. The van der Waals surface area contributed by atoms with Gasteiger partial charge in [0.1, 0.15) is 15.7 Å². The Morgan fingerprint density at radius 3 is 2.37 bits per heavy atom. The highest BCUT2D eigenvalue weighted by Crippen LogP contribution is 2.37. The third kappa shape index (κ3) is 4.46. The number of benzene rings is 2. The lowest BCUT2D eigenvalue weighted by Crippen LogP contribution is -2.27. The SMILES string of the molecule is COc1ccc(S(=O)(=O)N(C)Cc2nc(-c3ccc(C(C)C)cc3)no2)c(Cl)c1Cl. The number of nitrogens with zero attached hydrogens (tertiary/aromatic N) is 3. The lowest BCUT2D eigenvalue weighted by atomic mass is 10.0. The summed E-state index contributed by atoms with van der Waals surface area (Å²) in [5.41, 5.74) is 1.98. The molecular weight excluding hydrogens is 449 g/mol. The van der Waals surface area contributed by atoms with Gasteiger partial charge < -0.3 is 9.26 Å². The van der Waals surface area contributed by atoms with Gasteiger partial charge in [0.05, 0.1) is 18.7 Å². The first-order valence-electron chi connectivity index (χ1n) is 9.06. The fraction of sp³-hybridized carbons (Fsp3) is 0.300. The monoisotopic (exact) mass is 469 g/mol. The summed E-state index contributed by atoms with van der Waals surface area (Å²) < 4.78 is 37.2. The highest BCUT2D eigenvalue weighted by atomic mass is 35.5. The normalized spacial score (nSPS) is 12.0. The van der Waals surface area contributed by atoms with E-state index in [1.165, 1.54) is 31.9 Å². The number of aromatic nitrogens is 2. The minimum atomic E-state index is -3.95. The Morgan fingerprint density at radius 1 is 1.10 bits per heavy atom. The van der Waals surface area contributed by atoms with Gasteiger partial charge in [-0.2, -0.15) is 9.29 Å². The Hall–Kier alpha value is -2.13. The average molecular weight is 470 g/mol. The van der Waals surface area contributed by atoms with Gasteiger partial charge in [0.15, 0.2) is 0 Å². The maximum Gasteiger partial charge on any atom is 0.244 e. The molecule has 30 heavy (non-hydrogen) atoms. The first kappa shape index (κ1) is 22.6. The molecule has 0 saturated carbocycles. The van der Waals surface area contributed by atoms with E-state index in [0.717, 1.165) is 9.87 Å². The van der Waals surface area contributed by atoms with Crippen molar-refractivity contribution in [1.29, 1.82) is 0 Å². The standard InChI is InChI=1S/C20H21Cl2N3O4S/c1-12(2)13-5-7-14(8-6-13)20-23-17(29-24-20)11-25(3)30(26,27)16-10-9-15(28-4)18(21)19(16)22/h5-10,12H,11H2,1-4H3. The molecule has 0 bridgehead atoms. The van der Waals surface area contributed by atoms with Crippen molar-refractivity contribution in [3.63, 3.8) is 0 Å². The highest BCUT2D eigenvalue weighted by Gasteiger charge is 2.27. The number of sulfonamides is 1. The van der Waals surface area contributed by atoms with Gasteiger partial charge in [0.2, 0.25) is 21.7 Å². The van der Waals surface area contributed by atoms with Crippen molar-refractivity contribution >= 4 is 33.2 Å². The van der Waals surface area contributed by atoms with Crippen LogP contribution in [0.2, 0.25) is 10.0 Å². The Balaban J connectivity index is 1.81. The maximum atomic E-state index is 12.9. The van der Waals surface area contributed by atoms with Gasteiger partial charge >= 0.3 is 0 Å². The van der Waals surface area contributed by atoms with Crippen molar-refractivity contribution in [2.24, 2.45) is 0 Å². The predicted molar refractivity (Wildman–Crippen MR) is 115 cm³/mol. The Bertz CT molecular complexity index is 1150. The van der Waals surface area contributed by atoms with Gasteiger partial charge in [-0.25, -0.2) is 8.42 Å².